The third kappa shape index (κ3) is 4.21. The third-order valence-electron chi connectivity index (χ3n) is 4.06. The van der Waals surface area contributed by atoms with Gasteiger partial charge in [-0.05, 0) is 6.07 Å². The zero-order valence-electron chi connectivity index (χ0n) is 14.6. The lowest BCUT2D eigenvalue weighted by Crippen LogP contribution is -2.20. The van der Waals surface area contributed by atoms with Crippen molar-refractivity contribution in [3.05, 3.63) is 76.0 Å². The van der Waals surface area contributed by atoms with Gasteiger partial charge in [0.05, 0.1) is 17.6 Å². The predicted octanol–water partition coefficient (Wildman–Crippen LogP) is 2.33. The third-order valence-corrected chi connectivity index (χ3v) is 4.06. The van der Waals surface area contributed by atoms with Crippen LogP contribution in [-0.4, -0.2) is 32.7 Å². The molecule has 1 aromatic heterocycles. The Morgan fingerprint density at radius 3 is 2.64 bits per heavy atom. The molecular weight excluding hydrogens is 364 g/mol. The molecule has 142 valence electrons. The summed E-state index contributed by atoms with van der Waals surface area (Å²) >= 11 is 0. The summed E-state index contributed by atoms with van der Waals surface area (Å²) in [6, 6.07) is 13.2. The first-order valence-electron chi connectivity index (χ1n) is 8.29. The van der Waals surface area contributed by atoms with Gasteiger partial charge in [0.25, 0.3) is 5.69 Å². The molecule has 0 radical (unpaired) electrons. The van der Waals surface area contributed by atoms with Gasteiger partial charge in [-0.15, -0.1) is 0 Å². The summed E-state index contributed by atoms with van der Waals surface area (Å²) in [7, 11) is 0. The number of fused-ring (bicyclic) bond motifs is 1. The Morgan fingerprint density at radius 2 is 1.89 bits per heavy atom. The van der Waals surface area contributed by atoms with Crippen molar-refractivity contribution in [3.8, 4) is 0 Å². The molecule has 0 atom stereocenters. The second-order valence-corrected chi connectivity index (χ2v) is 5.98. The molecule has 2 N–H and O–H groups in total. The van der Waals surface area contributed by atoms with E-state index in [1.807, 2.05) is 12.1 Å². The van der Waals surface area contributed by atoms with E-state index >= 15 is 0 Å². The molecule has 0 saturated heterocycles. The highest BCUT2D eigenvalue weighted by Gasteiger charge is 2.15. The Morgan fingerprint density at radius 1 is 1.18 bits per heavy atom. The zero-order valence-corrected chi connectivity index (χ0v) is 14.6. The van der Waals surface area contributed by atoms with Crippen LogP contribution in [-0.2, 0) is 22.6 Å². The van der Waals surface area contributed by atoms with Crippen molar-refractivity contribution < 1.29 is 19.6 Å². The summed E-state index contributed by atoms with van der Waals surface area (Å²) < 4.78 is 1.58. The maximum Gasteiger partial charge on any atom is 0.323 e. The fourth-order valence-electron chi connectivity index (χ4n) is 2.88. The highest BCUT2D eigenvalue weighted by atomic mass is 16.6. The number of nitrogens with one attached hydrogen (secondary N) is 1. The van der Waals surface area contributed by atoms with Gasteiger partial charge < -0.3 is 9.67 Å². The predicted molar refractivity (Wildman–Crippen MR) is 102 cm³/mol. The largest absolute Gasteiger partial charge is 0.480 e. The Bertz CT molecular complexity index is 1090. The number of rotatable bonds is 7. The van der Waals surface area contributed by atoms with Crippen LogP contribution in [0.4, 0.5) is 5.69 Å². The Hall–Kier alpha value is -4.01. The molecule has 0 bridgehead atoms. The van der Waals surface area contributed by atoms with E-state index in [1.54, 1.807) is 29.0 Å². The number of hydrogen-bond acceptors (Lipinski definition) is 5. The topological polar surface area (TPSA) is 127 Å². The molecule has 0 spiro atoms. The smallest absolute Gasteiger partial charge is 0.323 e. The molecule has 1 heterocycles. The number of nitrogens with zero attached hydrogens (tertiary/aromatic N) is 3. The fourth-order valence-corrected chi connectivity index (χ4v) is 2.88. The Labute approximate surface area is 159 Å². The SMILES string of the molecule is O=C(O)Cn1cc(/C=N/NC(=O)Cc2ccccc2[N+](=O)[O-])c2ccccc21. The second-order valence-electron chi connectivity index (χ2n) is 5.98. The van der Waals surface area contributed by atoms with Crippen LogP contribution in [0.25, 0.3) is 10.9 Å². The number of aliphatic carboxylic acids is 1. The molecule has 0 aliphatic carbocycles. The van der Waals surface area contributed by atoms with Gasteiger partial charge in [0.2, 0.25) is 5.91 Å². The molecule has 0 fully saturated rings. The molecule has 3 aromatic rings. The monoisotopic (exact) mass is 380 g/mol. The summed E-state index contributed by atoms with van der Waals surface area (Å²) in [5.74, 6) is -1.47. The van der Waals surface area contributed by atoms with Gasteiger partial charge in [-0.1, -0.05) is 36.4 Å². The number of hydrogen-bond donors (Lipinski definition) is 2. The lowest BCUT2D eigenvalue weighted by Gasteiger charge is -2.01. The van der Waals surface area contributed by atoms with Crippen molar-refractivity contribution >= 4 is 34.7 Å². The van der Waals surface area contributed by atoms with Crippen molar-refractivity contribution in [1.29, 1.82) is 0 Å². The average molecular weight is 380 g/mol. The molecule has 28 heavy (non-hydrogen) atoms. The van der Waals surface area contributed by atoms with Gasteiger partial charge in [0.1, 0.15) is 6.54 Å². The van der Waals surface area contributed by atoms with Crippen molar-refractivity contribution in [1.82, 2.24) is 9.99 Å². The van der Waals surface area contributed by atoms with Crippen LogP contribution in [0.15, 0.2) is 59.8 Å². The van der Waals surface area contributed by atoms with Gasteiger partial charge in [-0.3, -0.25) is 19.7 Å². The van der Waals surface area contributed by atoms with E-state index in [1.165, 1.54) is 24.4 Å². The molecule has 0 saturated carbocycles. The number of carbonyl (C=O) groups excluding carboxylic acids is 1. The highest BCUT2D eigenvalue weighted by molar-refractivity contribution is 6.00. The minimum atomic E-state index is -0.970. The minimum absolute atomic E-state index is 0.127. The van der Waals surface area contributed by atoms with Gasteiger partial charge in [-0.25, -0.2) is 5.43 Å². The van der Waals surface area contributed by atoms with E-state index in [-0.39, 0.29) is 18.7 Å². The van der Waals surface area contributed by atoms with Gasteiger partial charge in [0, 0.05) is 34.3 Å². The summed E-state index contributed by atoms with van der Waals surface area (Å²) in [5.41, 5.74) is 3.88. The number of hydrazone groups is 1. The van der Waals surface area contributed by atoms with E-state index in [4.69, 9.17) is 5.11 Å². The molecule has 0 aliphatic rings. The van der Waals surface area contributed by atoms with Crippen LogP contribution < -0.4 is 5.43 Å². The average Bonchev–Trinajstić information content (AvgIpc) is 2.99. The van der Waals surface area contributed by atoms with E-state index in [0.29, 0.717) is 11.1 Å². The summed E-state index contributed by atoms with van der Waals surface area (Å²) in [6.45, 7) is -0.196. The minimum Gasteiger partial charge on any atom is -0.480 e. The van der Waals surface area contributed by atoms with Crippen molar-refractivity contribution in [2.45, 2.75) is 13.0 Å². The van der Waals surface area contributed by atoms with E-state index in [9.17, 15) is 19.7 Å². The van der Waals surface area contributed by atoms with Gasteiger partial charge >= 0.3 is 5.97 Å². The number of aromatic nitrogens is 1. The highest BCUT2D eigenvalue weighted by Crippen LogP contribution is 2.20. The number of amides is 1. The molecular formula is C19H16N4O5. The number of nitro groups is 1. The van der Waals surface area contributed by atoms with Crippen LogP contribution in [0.1, 0.15) is 11.1 Å². The standard InChI is InChI=1S/C19H16N4O5/c24-18(9-13-5-1-3-7-16(13)23(27)28)21-20-10-14-11-22(12-19(25)26)17-8-4-2-6-15(14)17/h1-8,10-11H,9,12H2,(H,21,24)(H,25,26)/b20-10+. The van der Waals surface area contributed by atoms with E-state index in [0.717, 1.165) is 10.9 Å². The molecule has 3 rings (SSSR count). The van der Waals surface area contributed by atoms with Crippen LogP contribution in [0.2, 0.25) is 0 Å². The van der Waals surface area contributed by atoms with E-state index in [2.05, 4.69) is 10.5 Å². The summed E-state index contributed by atoms with van der Waals surface area (Å²) in [6.07, 6.45) is 2.86. The first-order chi connectivity index (χ1) is 13.5. The zero-order chi connectivity index (χ0) is 20.1. The molecule has 0 unspecified atom stereocenters. The van der Waals surface area contributed by atoms with Crippen molar-refractivity contribution in [3.63, 3.8) is 0 Å². The molecule has 0 aliphatic heterocycles. The lowest BCUT2D eigenvalue weighted by atomic mass is 10.1. The molecule has 1 amide bonds. The number of carboxylic acid groups (broad SMARTS) is 1. The molecule has 9 nitrogen and oxygen atoms in total. The van der Waals surface area contributed by atoms with Crippen LogP contribution in [0, 0.1) is 10.1 Å². The van der Waals surface area contributed by atoms with Crippen LogP contribution >= 0.6 is 0 Å². The quantitative estimate of drug-likeness (QED) is 0.369. The lowest BCUT2D eigenvalue weighted by molar-refractivity contribution is -0.385. The molecule has 2 aromatic carbocycles. The summed E-state index contributed by atoms with van der Waals surface area (Å²) in [5, 5.41) is 24.7. The maximum absolute atomic E-state index is 12.1. The first-order valence-corrected chi connectivity index (χ1v) is 8.29. The normalized spacial score (nSPS) is 11.0. The number of carbonyl (C=O) groups is 2. The van der Waals surface area contributed by atoms with Crippen molar-refractivity contribution in [2.75, 3.05) is 0 Å². The number of benzene rings is 2. The first kappa shape index (κ1) is 18.8. The number of para-hydroxylation sites is 2. The number of carboxylic acids is 1. The Kier molecular flexibility index (Phi) is 5.45. The molecule has 9 heteroatoms. The maximum atomic E-state index is 12.1. The summed E-state index contributed by atoms with van der Waals surface area (Å²) in [4.78, 5) is 33.5. The second kappa shape index (κ2) is 8.12. The number of nitro benzene ring substituents is 1. The van der Waals surface area contributed by atoms with Crippen molar-refractivity contribution in [2.24, 2.45) is 5.10 Å². The Balaban J connectivity index is 1.74. The fraction of sp³-hybridized carbons (Fsp3) is 0.105. The van der Waals surface area contributed by atoms with Crippen LogP contribution in [0.3, 0.4) is 0 Å². The van der Waals surface area contributed by atoms with Gasteiger partial charge in [0.15, 0.2) is 0 Å². The van der Waals surface area contributed by atoms with Crippen LogP contribution in [0.5, 0.6) is 0 Å². The van der Waals surface area contributed by atoms with Gasteiger partial charge in [-0.2, -0.15) is 5.10 Å². The van der Waals surface area contributed by atoms with E-state index < -0.39 is 16.8 Å².